The maximum Gasteiger partial charge on any atom is 0.0668 e. The van der Waals surface area contributed by atoms with E-state index in [0.717, 1.165) is 12.8 Å². The number of carboxylic acid groups (broad SMARTS) is 1. The Kier molecular flexibility index (Phi) is 5.47. The van der Waals surface area contributed by atoms with Gasteiger partial charge in [-0.3, -0.25) is 0 Å². The van der Waals surface area contributed by atoms with E-state index in [4.69, 9.17) is 5.11 Å². The van der Waals surface area contributed by atoms with Gasteiger partial charge in [0, 0.05) is 6.61 Å². The SMILES string of the molecule is C/C(=C\CCCCO)C(=O)[O-]. The molecule has 3 nitrogen and oxygen atoms in total. The number of aliphatic hydroxyl groups is 1. The largest absolute Gasteiger partial charge is 0.545 e. The fourth-order valence-electron chi connectivity index (χ4n) is 0.658. The van der Waals surface area contributed by atoms with E-state index < -0.39 is 5.97 Å². The van der Waals surface area contributed by atoms with Crippen molar-refractivity contribution in [2.24, 2.45) is 0 Å². The van der Waals surface area contributed by atoms with Crippen LogP contribution in [0.25, 0.3) is 0 Å². The lowest BCUT2D eigenvalue weighted by atomic mass is 10.2. The highest BCUT2D eigenvalue weighted by atomic mass is 16.4. The molecule has 0 radical (unpaired) electrons. The summed E-state index contributed by atoms with van der Waals surface area (Å²) in [6.45, 7) is 1.67. The number of carbonyl (C=O) groups excluding carboxylic acids is 1. The van der Waals surface area contributed by atoms with E-state index in [9.17, 15) is 9.90 Å². The summed E-state index contributed by atoms with van der Waals surface area (Å²) in [5, 5.41) is 18.5. The first-order valence-electron chi connectivity index (χ1n) is 3.67. The van der Waals surface area contributed by atoms with E-state index in [0.29, 0.717) is 6.42 Å². The Morgan fingerprint density at radius 1 is 1.55 bits per heavy atom. The van der Waals surface area contributed by atoms with Crippen LogP contribution in [0.15, 0.2) is 11.6 Å². The molecule has 0 spiro atoms. The summed E-state index contributed by atoms with van der Waals surface area (Å²) in [7, 11) is 0. The first-order valence-corrected chi connectivity index (χ1v) is 3.67. The predicted molar refractivity (Wildman–Crippen MR) is 39.7 cm³/mol. The minimum Gasteiger partial charge on any atom is -0.545 e. The Morgan fingerprint density at radius 3 is 2.64 bits per heavy atom. The highest BCUT2D eigenvalue weighted by Gasteiger charge is 1.88. The molecule has 0 unspecified atom stereocenters. The molecule has 0 aliphatic heterocycles. The number of carbonyl (C=O) groups is 1. The number of allylic oxidation sites excluding steroid dienone is 1. The van der Waals surface area contributed by atoms with Gasteiger partial charge in [-0.15, -0.1) is 0 Å². The number of hydrogen-bond donors (Lipinski definition) is 1. The third-order valence-electron chi connectivity index (χ3n) is 1.38. The quantitative estimate of drug-likeness (QED) is 0.446. The second kappa shape index (κ2) is 5.92. The zero-order chi connectivity index (χ0) is 8.69. The van der Waals surface area contributed by atoms with Crippen molar-refractivity contribution in [3.63, 3.8) is 0 Å². The van der Waals surface area contributed by atoms with Gasteiger partial charge in [0.25, 0.3) is 0 Å². The molecule has 0 fully saturated rings. The molecule has 0 aliphatic rings. The number of unbranched alkanes of at least 4 members (excludes halogenated alkanes) is 2. The summed E-state index contributed by atoms with van der Waals surface area (Å²) in [4.78, 5) is 10.1. The Labute approximate surface area is 66.4 Å². The maximum absolute atomic E-state index is 10.1. The van der Waals surface area contributed by atoms with Gasteiger partial charge >= 0.3 is 0 Å². The minimum atomic E-state index is -1.12. The lowest BCUT2D eigenvalue weighted by molar-refractivity contribution is -0.299. The van der Waals surface area contributed by atoms with Crippen LogP contribution in [0.3, 0.4) is 0 Å². The van der Waals surface area contributed by atoms with Crippen LogP contribution in [0.5, 0.6) is 0 Å². The highest BCUT2D eigenvalue weighted by molar-refractivity contribution is 5.83. The van der Waals surface area contributed by atoms with E-state index in [2.05, 4.69) is 0 Å². The standard InChI is InChI=1S/C8H14O3/c1-7(8(10)11)5-3-2-4-6-9/h5,9H,2-4,6H2,1H3,(H,10,11)/p-1/b7-5+. The Morgan fingerprint density at radius 2 is 2.18 bits per heavy atom. The van der Waals surface area contributed by atoms with Crippen LogP contribution in [0, 0.1) is 0 Å². The zero-order valence-electron chi connectivity index (χ0n) is 6.67. The van der Waals surface area contributed by atoms with Crippen molar-refractivity contribution in [1.82, 2.24) is 0 Å². The van der Waals surface area contributed by atoms with Crippen molar-refractivity contribution in [2.75, 3.05) is 6.61 Å². The Hall–Kier alpha value is -0.830. The van der Waals surface area contributed by atoms with Crippen LogP contribution >= 0.6 is 0 Å². The Bertz CT molecular complexity index is 149. The first-order chi connectivity index (χ1) is 5.18. The molecule has 3 heteroatoms. The number of carboxylic acids is 1. The van der Waals surface area contributed by atoms with E-state index in [1.165, 1.54) is 6.92 Å². The van der Waals surface area contributed by atoms with Gasteiger partial charge in [-0.2, -0.15) is 0 Å². The van der Waals surface area contributed by atoms with Gasteiger partial charge in [-0.05, 0) is 31.8 Å². The van der Waals surface area contributed by atoms with Crippen molar-refractivity contribution in [3.05, 3.63) is 11.6 Å². The molecule has 0 bridgehead atoms. The summed E-state index contributed by atoms with van der Waals surface area (Å²) in [6.07, 6.45) is 3.85. The molecule has 64 valence electrons. The molecule has 1 N–H and O–H groups in total. The minimum absolute atomic E-state index is 0.165. The molecule has 0 atom stereocenters. The fourth-order valence-corrected chi connectivity index (χ4v) is 0.658. The zero-order valence-corrected chi connectivity index (χ0v) is 6.67. The van der Waals surface area contributed by atoms with E-state index in [1.807, 2.05) is 0 Å². The van der Waals surface area contributed by atoms with Gasteiger partial charge in [0.15, 0.2) is 0 Å². The van der Waals surface area contributed by atoms with Crippen molar-refractivity contribution >= 4 is 5.97 Å². The number of hydrogen-bond acceptors (Lipinski definition) is 3. The van der Waals surface area contributed by atoms with Crippen LogP contribution in [0.4, 0.5) is 0 Å². The van der Waals surface area contributed by atoms with Gasteiger partial charge in [0.2, 0.25) is 0 Å². The third-order valence-corrected chi connectivity index (χ3v) is 1.38. The van der Waals surface area contributed by atoms with Gasteiger partial charge in [0.1, 0.15) is 0 Å². The molecule has 0 aromatic heterocycles. The first kappa shape index (κ1) is 10.2. The summed E-state index contributed by atoms with van der Waals surface area (Å²) in [5.41, 5.74) is 0.267. The second-order valence-corrected chi connectivity index (χ2v) is 2.39. The summed E-state index contributed by atoms with van der Waals surface area (Å²) >= 11 is 0. The number of aliphatic carboxylic acids is 1. The lowest BCUT2D eigenvalue weighted by Crippen LogP contribution is -2.22. The third kappa shape index (κ3) is 5.61. The molecular weight excluding hydrogens is 144 g/mol. The molecule has 0 aromatic rings. The van der Waals surface area contributed by atoms with Gasteiger partial charge < -0.3 is 15.0 Å². The van der Waals surface area contributed by atoms with Crippen molar-refractivity contribution < 1.29 is 15.0 Å². The Balaban J connectivity index is 3.48. The van der Waals surface area contributed by atoms with E-state index >= 15 is 0 Å². The summed E-state index contributed by atoms with van der Waals surface area (Å²) in [5.74, 6) is -1.12. The molecule has 0 heterocycles. The summed E-state index contributed by atoms with van der Waals surface area (Å²) < 4.78 is 0. The monoisotopic (exact) mass is 157 g/mol. The smallest absolute Gasteiger partial charge is 0.0668 e. The average Bonchev–Trinajstić information content (AvgIpc) is 1.97. The maximum atomic E-state index is 10.1. The normalized spacial score (nSPS) is 11.6. The fraction of sp³-hybridized carbons (Fsp3) is 0.625. The van der Waals surface area contributed by atoms with Crippen LogP contribution < -0.4 is 5.11 Å². The van der Waals surface area contributed by atoms with Crippen LogP contribution in [0.2, 0.25) is 0 Å². The molecule has 0 aliphatic carbocycles. The second-order valence-electron chi connectivity index (χ2n) is 2.39. The molecule has 0 aromatic carbocycles. The van der Waals surface area contributed by atoms with Gasteiger partial charge in [-0.1, -0.05) is 6.08 Å². The van der Waals surface area contributed by atoms with Crippen LogP contribution in [0.1, 0.15) is 26.2 Å². The van der Waals surface area contributed by atoms with E-state index in [1.54, 1.807) is 6.08 Å². The molecule has 0 saturated heterocycles. The van der Waals surface area contributed by atoms with Crippen molar-refractivity contribution in [2.45, 2.75) is 26.2 Å². The van der Waals surface area contributed by atoms with Crippen molar-refractivity contribution in [1.29, 1.82) is 0 Å². The predicted octanol–water partition coefficient (Wildman–Crippen LogP) is -0.155. The molecule has 0 rings (SSSR count). The molecule has 0 saturated carbocycles. The number of aliphatic hydroxyl groups excluding tert-OH is 1. The van der Waals surface area contributed by atoms with E-state index in [-0.39, 0.29) is 12.2 Å². The van der Waals surface area contributed by atoms with Crippen LogP contribution in [-0.2, 0) is 4.79 Å². The topological polar surface area (TPSA) is 60.4 Å². The number of rotatable bonds is 5. The molecule has 11 heavy (non-hydrogen) atoms. The van der Waals surface area contributed by atoms with Gasteiger partial charge in [0.05, 0.1) is 5.97 Å². The van der Waals surface area contributed by atoms with Gasteiger partial charge in [-0.25, -0.2) is 0 Å². The van der Waals surface area contributed by atoms with Crippen molar-refractivity contribution in [3.8, 4) is 0 Å². The average molecular weight is 157 g/mol. The van der Waals surface area contributed by atoms with Crippen LogP contribution in [-0.4, -0.2) is 17.7 Å². The highest BCUT2D eigenvalue weighted by Crippen LogP contribution is 1.99. The lowest BCUT2D eigenvalue weighted by Gasteiger charge is -2.00. The molecule has 0 amide bonds. The summed E-state index contributed by atoms with van der Waals surface area (Å²) in [6, 6.07) is 0. The molecular formula is C8H13O3-.